The molecule has 0 bridgehead atoms. The van der Waals surface area contributed by atoms with E-state index in [1.165, 1.54) is 0 Å². The Morgan fingerprint density at radius 1 is 1.17 bits per heavy atom. The van der Waals surface area contributed by atoms with Gasteiger partial charge in [0.2, 0.25) is 0 Å². The molecule has 2 unspecified atom stereocenters. The van der Waals surface area contributed by atoms with Gasteiger partial charge in [0.1, 0.15) is 0 Å². The molecule has 3 nitrogen and oxygen atoms in total. The molecule has 0 saturated carbocycles. The summed E-state index contributed by atoms with van der Waals surface area (Å²) in [5.41, 5.74) is 1.09. The lowest BCUT2D eigenvalue weighted by atomic mass is 9.90. The first-order valence-electron chi connectivity index (χ1n) is 6.14. The van der Waals surface area contributed by atoms with Crippen molar-refractivity contribution in [3.8, 4) is 0 Å². The molecule has 0 aliphatic rings. The zero-order chi connectivity index (χ0) is 13.4. The summed E-state index contributed by atoms with van der Waals surface area (Å²) in [5.74, 6) is -0.0349. The Kier molecular flexibility index (Phi) is 6.65. The van der Waals surface area contributed by atoms with Crippen LogP contribution in [-0.4, -0.2) is 31.7 Å². The summed E-state index contributed by atoms with van der Waals surface area (Å²) in [7, 11) is 3.22. The molecule has 2 atom stereocenters. The normalized spacial score (nSPS) is 15.2. The van der Waals surface area contributed by atoms with Crippen LogP contribution in [0.4, 0.5) is 0 Å². The van der Waals surface area contributed by atoms with Crippen LogP contribution in [-0.2, 0) is 9.47 Å². The zero-order valence-electron chi connectivity index (χ0n) is 11.2. The molecule has 0 fully saturated rings. The molecule has 0 spiro atoms. The predicted octanol–water partition coefficient (Wildman–Crippen LogP) is 2.72. The van der Waals surface area contributed by atoms with Crippen molar-refractivity contribution >= 4 is 0 Å². The molecular weight excluding hydrogens is 228 g/mol. The highest BCUT2D eigenvalue weighted by atomic mass is 16.7. The highest BCUT2D eigenvalue weighted by Gasteiger charge is 2.23. The fourth-order valence-electron chi connectivity index (χ4n) is 2.00. The standard InChI is InChI=1S/C15H22O3/c1-4-8-14(16)13(11-15(17-2)18-3)12-9-6-5-7-10-12/h4-10,13-16H,11H2,1-3H3. The van der Waals surface area contributed by atoms with Crippen LogP contribution in [0.25, 0.3) is 0 Å². The number of rotatable bonds is 7. The number of aliphatic hydroxyl groups is 1. The van der Waals surface area contributed by atoms with Gasteiger partial charge >= 0.3 is 0 Å². The van der Waals surface area contributed by atoms with Crippen LogP contribution >= 0.6 is 0 Å². The van der Waals surface area contributed by atoms with Gasteiger partial charge in [0, 0.05) is 26.6 Å². The smallest absolute Gasteiger partial charge is 0.157 e. The minimum atomic E-state index is -0.537. The summed E-state index contributed by atoms with van der Waals surface area (Å²) in [6.45, 7) is 1.90. The van der Waals surface area contributed by atoms with E-state index in [4.69, 9.17) is 9.47 Å². The molecule has 0 heterocycles. The molecular formula is C15H22O3. The van der Waals surface area contributed by atoms with Gasteiger partial charge in [-0.05, 0) is 12.5 Å². The van der Waals surface area contributed by atoms with E-state index in [1.54, 1.807) is 20.3 Å². The molecule has 18 heavy (non-hydrogen) atoms. The van der Waals surface area contributed by atoms with Gasteiger partial charge in [-0.25, -0.2) is 0 Å². The summed E-state index contributed by atoms with van der Waals surface area (Å²) >= 11 is 0. The number of allylic oxidation sites excluding steroid dienone is 1. The van der Waals surface area contributed by atoms with Gasteiger partial charge in [0.25, 0.3) is 0 Å². The number of benzene rings is 1. The van der Waals surface area contributed by atoms with Gasteiger partial charge in [0.05, 0.1) is 6.10 Å². The quantitative estimate of drug-likeness (QED) is 0.597. The fourth-order valence-corrected chi connectivity index (χ4v) is 2.00. The Bertz CT molecular complexity index is 344. The third kappa shape index (κ3) is 4.26. The van der Waals surface area contributed by atoms with Crippen molar-refractivity contribution in [2.45, 2.75) is 31.7 Å². The summed E-state index contributed by atoms with van der Waals surface area (Å²) in [6, 6.07) is 9.94. The van der Waals surface area contributed by atoms with E-state index in [1.807, 2.05) is 43.3 Å². The Balaban J connectivity index is 2.88. The Hall–Kier alpha value is -1.16. The van der Waals surface area contributed by atoms with E-state index in [9.17, 15) is 5.11 Å². The molecule has 1 aromatic carbocycles. The number of hydrogen-bond donors (Lipinski definition) is 1. The minimum Gasteiger partial charge on any atom is -0.388 e. The molecule has 0 saturated heterocycles. The molecule has 0 amide bonds. The van der Waals surface area contributed by atoms with Gasteiger partial charge in [-0.15, -0.1) is 0 Å². The lowest BCUT2D eigenvalue weighted by Crippen LogP contribution is -2.24. The van der Waals surface area contributed by atoms with E-state index in [0.29, 0.717) is 6.42 Å². The predicted molar refractivity (Wildman–Crippen MR) is 72.4 cm³/mol. The highest BCUT2D eigenvalue weighted by molar-refractivity contribution is 5.22. The molecule has 1 rings (SSSR count). The van der Waals surface area contributed by atoms with Crippen molar-refractivity contribution in [2.75, 3.05) is 14.2 Å². The lowest BCUT2D eigenvalue weighted by Gasteiger charge is -2.25. The molecule has 1 N–H and O–H groups in total. The molecule has 1 aromatic rings. The SMILES string of the molecule is CC=CC(O)C(CC(OC)OC)c1ccccc1. The van der Waals surface area contributed by atoms with Gasteiger partial charge in [-0.1, -0.05) is 42.5 Å². The summed E-state index contributed by atoms with van der Waals surface area (Å²) in [4.78, 5) is 0. The van der Waals surface area contributed by atoms with Crippen LogP contribution in [0.1, 0.15) is 24.8 Å². The van der Waals surface area contributed by atoms with Crippen LogP contribution in [0, 0.1) is 0 Å². The topological polar surface area (TPSA) is 38.7 Å². The van der Waals surface area contributed by atoms with E-state index in [0.717, 1.165) is 5.56 Å². The van der Waals surface area contributed by atoms with Gasteiger partial charge in [-0.2, -0.15) is 0 Å². The van der Waals surface area contributed by atoms with Crippen molar-refractivity contribution in [2.24, 2.45) is 0 Å². The summed E-state index contributed by atoms with van der Waals surface area (Å²) in [6.07, 6.45) is 3.41. The number of hydrogen-bond acceptors (Lipinski definition) is 3. The number of aliphatic hydroxyl groups excluding tert-OH is 1. The first-order valence-corrected chi connectivity index (χ1v) is 6.14. The Morgan fingerprint density at radius 2 is 1.78 bits per heavy atom. The molecule has 0 aromatic heterocycles. The van der Waals surface area contributed by atoms with Crippen molar-refractivity contribution in [1.82, 2.24) is 0 Å². The van der Waals surface area contributed by atoms with Crippen molar-refractivity contribution in [3.05, 3.63) is 48.0 Å². The molecule has 0 aliphatic carbocycles. The average Bonchev–Trinajstić information content (AvgIpc) is 2.41. The number of methoxy groups -OCH3 is 2. The summed E-state index contributed by atoms with van der Waals surface area (Å²) < 4.78 is 10.4. The minimum absolute atomic E-state index is 0.0349. The highest BCUT2D eigenvalue weighted by Crippen LogP contribution is 2.27. The van der Waals surface area contributed by atoms with Crippen LogP contribution in [0.3, 0.4) is 0 Å². The van der Waals surface area contributed by atoms with Crippen LogP contribution in [0.2, 0.25) is 0 Å². The third-order valence-electron chi connectivity index (χ3n) is 3.00. The van der Waals surface area contributed by atoms with Crippen molar-refractivity contribution in [3.63, 3.8) is 0 Å². The first-order chi connectivity index (χ1) is 8.72. The fraction of sp³-hybridized carbons (Fsp3) is 0.467. The second kappa shape index (κ2) is 8.03. The average molecular weight is 250 g/mol. The van der Waals surface area contributed by atoms with Crippen LogP contribution in [0.5, 0.6) is 0 Å². The van der Waals surface area contributed by atoms with Gasteiger partial charge in [-0.3, -0.25) is 0 Å². The Morgan fingerprint density at radius 3 is 2.28 bits per heavy atom. The second-order valence-corrected chi connectivity index (χ2v) is 4.17. The first kappa shape index (κ1) is 14.9. The maximum atomic E-state index is 10.2. The van der Waals surface area contributed by atoms with Crippen LogP contribution in [0.15, 0.2) is 42.5 Å². The van der Waals surface area contributed by atoms with Crippen LogP contribution < -0.4 is 0 Å². The van der Waals surface area contributed by atoms with E-state index in [-0.39, 0.29) is 12.2 Å². The number of ether oxygens (including phenoxy) is 2. The Labute approximate surface area is 109 Å². The largest absolute Gasteiger partial charge is 0.388 e. The van der Waals surface area contributed by atoms with E-state index < -0.39 is 6.10 Å². The van der Waals surface area contributed by atoms with Crippen molar-refractivity contribution < 1.29 is 14.6 Å². The maximum Gasteiger partial charge on any atom is 0.157 e. The lowest BCUT2D eigenvalue weighted by molar-refractivity contribution is -0.113. The molecule has 3 heteroatoms. The maximum absolute atomic E-state index is 10.2. The monoisotopic (exact) mass is 250 g/mol. The van der Waals surface area contributed by atoms with Gasteiger partial charge < -0.3 is 14.6 Å². The van der Waals surface area contributed by atoms with Gasteiger partial charge in [0.15, 0.2) is 6.29 Å². The summed E-state index contributed by atoms with van der Waals surface area (Å²) in [5, 5.41) is 10.2. The zero-order valence-corrected chi connectivity index (χ0v) is 11.2. The third-order valence-corrected chi connectivity index (χ3v) is 3.00. The van der Waals surface area contributed by atoms with E-state index >= 15 is 0 Å². The second-order valence-electron chi connectivity index (χ2n) is 4.17. The van der Waals surface area contributed by atoms with Crippen molar-refractivity contribution in [1.29, 1.82) is 0 Å². The molecule has 0 aliphatic heterocycles. The molecule has 0 radical (unpaired) electrons. The van der Waals surface area contributed by atoms with E-state index in [2.05, 4.69) is 0 Å². The molecule has 100 valence electrons.